The zero-order valence-electron chi connectivity index (χ0n) is 17.1. The second-order valence-corrected chi connectivity index (χ2v) is 7.60. The van der Waals surface area contributed by atoms with Gasteiger partial charge in [0.25, 0.3) is 5.91 Å². The van der Waals surface area contributed by atoms with Gasteiger partial charge in [-0.05, 0) is 43.5 Å². The van der Waals surface area contributed by atoms with Crippen molar-refractivity contribution in [1.82, 2.24) is 13.6 Å². The Kier molecular flexibility index (Phi) is 6.07. The van der Waals surface area contributed by atoms with E-state index in [1.807, 2.05) is 19.9 Å². The third kappa shape index (κ3) is 4.34. The minimum atomic E-state index is -0.266. The van der Waals surface area contributed by atoms with Crippen LogP contribution in [0.1, 0.15) is 46.6 Å². The first-order valence-corrected chi connectivity index (χ1v) is 10.00. The SMILES string of the molecule is CC[C@@H](Nc1nsnc1Nc1ccc(C)c(C(=O)N(C)C)c1O)c1cc(C)co1. The van der Waals surface area contributed by atoms with Crippen molar-refractivity contribution in [2.24, 2.45) is 0 Å². The van der Waals surface area contributed by atoms with Crippen LogP contribution in [-0.4, -0.2) is 38.8 Å². The maximum Gasteiger partial charge on any atom is 0.257 e. The fourth-order valence-electron chi connectivity index (χ4n) is 2.95. The van der Waals surface area contributed by atoms with E-state index in [0.717, 1.165) is 29.5 Å². The Bertz CT molecular complexity index is 1010. The van der Waals surface area contributed by atoms with Crippen molar-refractivity contribution >= 4 is 35.0 Å². The molecule has 0 aliphatic rings. The highest BCUT2D eigenvalue weighted by atomic mass is 32.1. The molecule has 0 unspecified atom stereocenters. The molecule has 9 heteroatoms. The molecule has 0 aliphatic carbocycles. The Morgan fingerprint density at radius 3 is 2.62 bits per heavy atom. The molecule has 154 valence electrons. The fourth-order valence-corrected chi connectivity index (χ4v) is 3.43. The number of aryl methyl sites for hydroxylation is 2. The predicted octanol–water partition coefficient (Wildman–Crippen LogP) is 4.46. The standard InChI is InChI=1S/C20H25N5O3S/c1-6-13(15-9-11(2)10-28-15)21-18-19(24-29-23-18)22-14-8-7-12(3)16(17(14)26)20(27)25(4)5/h7-10,13,26H,6H2,1-5H3,(H,21,23)(H,22,24)/t13-/m1/s1. The molecule has 29 heavy (non-hydrogen) atoms. The van der Waals surface area contributed by atoms with Crippen LogP contribution in [-0.2, 0) is 0 Å². The summed E-state index contributed by atoms with van der Waals surface area (Å²) in [7, 11) is 3.30. The molecule has 1 aromatic carbocycles. The molecule has 1 atom stereocenters. The highest BCUT2D eigenvalue weighted by Crippen LogP contribution is 2.35. The summed E-state index contributed by atoms with van der Waals surface area (Å²) in [6, 6.07) is 5.42. The first-order valence-electron chi connectivity index (χ1n) is 9.27. The molecule has 0 saturated carbocycles. The van der Waals surface area contributed by atoms with E-state index in [4.69, 9.17) is 4.42 Å². The van der Waals surface area contributed by atoms with Gasteiger partial charge in [-0.3, -0.25) is 4.79 Å². The number of aromatic nitrogens is 2. The monoisotopic (exact) mass is 415 g/mol. The van der Waals surface area contributed by atoms with Gasteiger partial charge in [0.2, 0.25) is 0 Å². The molecule has 3 aromatic rings. The van der Waals surface area contributed by atoms with Crippen LogP contribution in [0, 0.1) is 13.8 Å². The lowest BCUT2D eigenvalue weighted by atomic mass is 10.0. The average Bonchev–Trinajstić information content (AvgIpc) is 3.30. The van der Waals surface area contributed by atoms with E-state index in [1.54, 1.807) is 39.4 Å². The number of furan rings is 1. The number of hydrogen-bond acceptors (Lipinski definition) is 8. The van der Waals surface area contributed by atoms with Crippen molar-refractivity contribution in [2.75, 3.05) is 24.7 Å². The van der Waals surface area contributed by atoms with Gasteiger partial charge in [-0.1, -0.05) is 13.0 Å². The van der Waals surface area contributed by atoms with E-state index in [0.29, 0.717) is 22.9 Å². The molecule has 0 bridgehead atoms. The van der Waals surface area contributed by atoms with Gasteiger partial charge in [-0.2, -0.15) is 8.75 Å². The normalized spacial score (nSPS) is 11.9. The summed E-state index contributed by atoms with van der Waals surface area (Å²) in [6.45, 7) is 5.81. The van der Waals surface area contributed by atoms with Crippen molar-refractivity contribution in [3.63, 3.8) is 0 Å². The van der Waals surface area contributed by atoms with Crippen molar-refractivity contribution < 1.29 is 14.3 Å². The number of phenols is 1. The smallest absolute Gasteiger partial charge is 0.257 e. The van der Waals surface area contributed by atoms with E-state index >= 15 is 0 Å². The average molecular weight is 416 g/mol. The summed E-state index contributed by atoms with van der Waals surface area (Å²) in [5.41, 5.74) is 2.40. The Hall–Kier alpha value is -3.07. The van der Waals surface area contributed by atoms with Crippen molar-refractivity contribution in [1.29, 1.82) is 0 Å². The van der Waals surface area contributed by atoms with Gasteiger partial charge in [0, 0.05) is 14.1 Å². The van der Waals surface area contributed by atoms with E-state index in [9.17, 15) is 9.90 Å². The summed E-state index contributed by atoms with van der Waals surface area (Å²) < 4.78 is 14.2. The van der Waals surface area contributed by atoms with Crippen LogP contribution in [0.5, 0.6) is 5.75 Å². The number of nitrogens with zero attached hydrogens (tertiary/aromatic N) is 3. The first-order chi connectivity index (χ1) is 13.8. The molecular formula is C20H25N5O3S. The number of amides is 1. The summed E-state index contributed by atoms with van der Waals surface area (Å²) in [4.78, 5) is 13.9. The van der Waals surface area contributed by atoms with Gasteiger partial charge in [0.1, 0.15) is 5.76 Å². The maximum absolute atomic E-state index is 12.4. The lowest BCUT2D eigenvalue weighted by Gasteiger charge is -2.17. The van der Waals surface area contributed by atoms with Crippen LogP contribution in [0.25, 0.3) is 0 Å². The topological polar surface area (TPSA) is 104 Å². The van der Waals surface area contributed by atoms with Crippen LogP contribution in [0.4, 0.5) is 17.3 Å². The van der Waals surface area contributed by atoms with Crippen LogP contribution in [0.3, 0.4) is 0 Å². The summed E-state index contributed by atoms with van der Waals surface area (Å²) in [6.07, 6.45) is 2.51. The Labute approximate surface area is 173 Å². The first kappa shape index (κ1) is 20.7. The number of nitrogens with one attached hydrogen (secondary N) is 2. The number of carbonyl (C=O) groups excluding carboxylic acids is 1. The number of phenolic OH excluding ortho intramolecular Hbond substituents is 1. The largest absolute Gasteiger partial charge is 0.505 e. The van der Waals surface area contributed by atoms with Crippen molar-refractivity contribution in [2.45, 2.75) is 33.2 Å². The molecule has 0 fully saturated rings. The Morgan fingerprint density at radius 2 is 2.00 bits per heavy atom. The number of aromatic hydroxyl groups is 1. The second kappa shape index (κ2) is 8.52. The van der Waals surface area contributed by atoms with Gasteiger partial charge in [-0.15, -0.1) is 0 Å². The van der Waals surface area contributed by atoms with Gasteiger partial charge in [0.15, 0.2) is 17.4 Å². The number of hydrogen-bond donors (Lipinski definition) is 3. The van der Waals surface area contributed by atoms with Crippen LogP contribution < -0.4 is 10.6 Å². The molecule has 0 saturated heterocycles. The molecule has 3 N–H and O–H groups in total. The fraction of sp³-hybridized carbons (Fsp3) is 0.350. The molecule has 1 amide bonds. The van der Waals surface area contributed by atoms with Crippen molar-refractivity contribution in [3.05, 3.63) is 46.9 Å². The third-order valence-electron chi connectivity index (χ3n) is 4.56. The van der Waals surface area contributed by atoms with E-state index in [-0.39, 0.29) is 23.3 Å². The van der Waals surface area contributed by atoms with Gasteiger partial charge < -0.3 is 25.1 Å². The van der Waals surface area contributed by atoms with Crippen LogP contribution in [0.2, 0.25) is 0 Å². The summed E-state index contributed by atoms with van der Waals surface area (Å²) in [5, 5.41) is 17.1. The third-order valence-corrected chi connectivity index (χ3v) is 5.09. The van der Waals surface area contributed by atoms with Crippen molar-refractivity contribution in [3.8, 4) is 5.75 Å². The molecule has 8 nitrogen and oxygen atoms in total. The molecule has 2 heterocycles. The lowest BCUT2D eigenvalue weighted by Crippen LogP contribution is -2.22. The highest BCUT2D eigenvalue weighted by molar-refractivity contribution is 6.99. The minimum absolute atomic E-state index is 0.0642. The quantitative estimate of drug-likeness (QED) is 0.489. The molecule has 3 rings (SSSR count). The van der Waals surface area contributed by atoms with Crippen LogP contribution in [0.15, 0.2) is 28.9 Å². The zero-order valence-corrected chi connectivity index (χ0v) is 17.9. The number of rotatable bonds is 7. The van der Waals surface area contributed by atoms with Gasteiger partial charge >= 0.3 is 0 Å². The van der Waals surface area contributed by atoms with E-state index < -0.39 is 0 Å². The molecule has 0 spiro atoms. The zero-order chi connectivity index (χ0) is 21.1. The number of anilines is 3. The molecular weight excluding hydrogens is 390 g/mol. The minimum Gasteiger partial charge on any atom is -0.505 e. The van der Waals surface area contributed by atoms with Crippen LogP contribution >= 0.6 is 11.7 Å². The Balaban J connectivity index is 1.87. The summed E-state index contributed by atoms with van der Waals surface area (Å²) >= 11 is 1.05. The van der Waals surface area contributed by atoms with E-state index in [1.165, 1.54) is 4.90 Å². The highest BCUT2D eigenvalue weighted by Gasteiger charge is 2.22. The summed E-state index contributed by atoms with van der Waals surface area (Å²) in [5.74, 6) is 1.46. The number of benzene rings is 1. The second-order valence-electron chi connectivity index (χ2n) is 7.07. The lowest BCUT2D eigenvalue weighted by molar-refractivity contribution is 0.0824. The maximum atomic E-state index is 12.4. The van der Waals surface area contributed by atoms with Gasteiger partial charge in [0.05, 0.1) is 35.3 Å². The predicted molar refractivity (Wildman–Crippen MR) is 114 cm³/mol. The molecule has 2 aromatic heterocycles. The molecule has 0 aliphatic heterocycles. The molecule has 0 radical (unpaired) electrons. The van der Waals surface area contributed by atoms with Gasteiger partial charge in [-0.25, -0.2) is 0 Å². The number of carbonyl (C=O) groups is 1. The Morgan fingerprint density at radius 1 is 1.28 bits per heavy atom. The van der Waals surface area contributed by atoms with E-state index in [2.05, 4.69) is 19.4 Å².